The van der Waals surface area contributed by atoms with Crippen LogP contribution in [0.3, 0.4) is 0 Å². The summed E-state index contributed by atoms with van der Waals surface area (Å²) in [6, 6.07) is 7.92. The SMILES string of the molecule is O=[N+]([O-])c1ccc(Cl)c(NC(=S)NCCNC(=S)Nc2cc([N+](=O)[O-])ccc2Cl)c1. The molecule has 0 radical (unpaired) electrons. The average molecular weight is 489 g/mol. The average Bonchev–Trinajstić information content (AvgIpc) is 2.68. The molecule has 0 aromatic heterocycles. The van der Waals surface area contributed by atoms with Crippen molar-refractivity contribution in [2.75, 3.05) is 23.7 Å². The zero-order chi connectivity index (χ0) is 22.3. The Labute approximate surface area is 191 Å². The van der Waals surface area contributed by atoms with Gasteiger partial charge >= 0.3 is 0 Å². The third-order valence-corrected chi connectivity index (χ3v) is 4.67. The molecule has 14 heteroatoms. The number of anilines is 2. The van der Waals surface area contributed by atoms with Gasteiger partial charge in [0.05, 0.1) is 31.3 Å². The second kappa shape index (κ2) is 10.8. The Morgan fingerprint density at radius 1 is 0.800 bits per heavy atom. The van der Waals surface area contributed by atoms with Crippen LogP contribution in [0.1, 0.15) is 0 Å². The number of nitrogens with zero attached hydrogens (tertiary/aromatic N) is 2. The molecule has 10 nitrogen and oxygen atoms in total. The van der Waals surface area contributed by atoms with Gasteiger partial charge in [-0.3, -0.25) is 20.2 Å². The first-order valence-electron chi connectivity index (χ1n) is 8.15. The molecule has 2 aromatic rings. The van der Waals surface area contributed by atoms with Gasteiger partial charge in [-0.05, 0) is 36.6 Å². The molecule has 0 bridgehead atoms. The summed E-state index contributed by atoms with van der Waals surface area (Å²) in [5.74, 6) is 0. The predicted octanol–water partition coefficient (Wildman–Crippen LogP) is 4.08. The fourth-order valence-electron chi connectivity index (χ4n) is 2.13. The van der Waals surface area contributed by atoms with Crippen LogP contribution in [0.5, 0.6) is 0 Å². The number of non-ortho nitro benzene ring substituents is 2. The standard InChI is InChI=1S/C16H14Cl2N6O4S2/c17-11-3-1-9(23(25)26)7-13(11)21-15(29)19-5-6-20-16(30)22-14-8-10(24(27)28)2-4-12(14)18/h1-4,7-8H,5-6H2,(H2,19,21,29)(H2,20,22,30). The first-order chi connectivity index (χ1) is 14.2. The minimum Gasteiger partial charge on any atom is -0.361 e. The van der Waals surface area contributed by atoms with Gasteiger partial charge in [0.25, 0.3) is 11.4 Å². The van der Waals surface area contributed by atoms with Gasteiger partial charge in [0.15, 0.2) is 10.2 Å². The van der Waals surface area contributed by atoms with E-state index in [1.54, 1.807) is 0 Å². The van der Waals surface area contributed by atoms with Crippen LogP contribution in [0.4, 0.5) is 22.7 Å². The van der Waals surface area contributed by atoms with Crippen LogP contribution in [0, 0.1) is 20.2 Å². The number of hydrogen-bond donors (Lipinski definition) is 4. The minimum absolute atomic E-state index is 0.123. The van der Waals surface area contributed by atoms with E-state index >= 15 is 0 Å². The van der Waals surface area contributed by atoms with E-state index in [2.05, 4.69) is 21.3 Å². The third kappa shape index (κ3) is 6.91. The third-order valence-electron chi connectivity index (χ3n) is 3.51. The summed E-state index contributed by atoms with van der Waals surface area (Å²) >= 11 is 22.3. The normalized spacial score (nSPS) is 10.1. The van der Waals surface area contributed by atoms with E-state index in [9.17, 15) is 20.2 Å². The first-order valence-corrected chi connectivity index (χ1v) is 9.72. The van der Waals surface area contributed by atoms with Crippen molar-refractivity contribution in [3.05, 3.63) is 66.7 Å². The maximum atomic E-state index is 10.8. The summed E-state index contributed by atoms with van der Waals surface area (Å²) in [7, 11) is 0. The van der Waals surface area contributed by atoms with E-state index in [-0.39, 0.29) is 31.6 Å². The van der Waals surface area contributed by atoms with Crippen LogP contribution in [-0.4, -0.2) is 33.2 Å². The Morgan fingerprint density at radius 2 is 1.17 bits per heavy atom. The fraction of sp³-hybridized carbons (Fsp3) is 0.125. The number of rotatable bonds is 7. The van der Waals surface area contributed by atoms with Gasteiger partial charge in [0, 0.05) is 37.4 Å². The summed E-state index contributed by atoms with van der Waals surface area (Å²) in [5.41, 5.74) is 0.354. The summed E-state index contributed by atoms with van der Waals surface area (Å²) in [6.45, 7) is 0.700. The number of thiocarbonyl (C=S) groups is 2. The lowest BCUT2D eigenvalue weighted by Gasteiger charge is -2.14. The van der Waals surface area contributed by atoms with Crippen LogP contribution in [0.25, 0.3) is 0 Å². The van der Waals surface area contributed by atoms with E-state index < -0.39 is 9.85 Å². The van der Waals surface area contributed by atoms with Crippen molar-refractivity contribution in [3.8, 4) is 0 Å². The molecule has 0 atom stereocenters. The number of nitro benzene ring substituents is 2. The Bertz CT molecular complexity index is 928. The lowest BCUT2D eigenvalue weighted by Crippen LogP contribution is -2.38. The van der Waals surface area contributed by atoms with Gasteiger partial charge in [-0.15, -0.1) is 0 Å². The molecule has 0 spiro atoms. The van der Waals surface area contributed by atoms with Crippen molar-refractivity contribution < 1.29 is 9.85 Å². The Balaban J connectivity index is 1.80. The lowest BCUT2D eigenvalue weighted by molar-refractivity contribution is -0.385. The molecule has 0 amide bonds. The molecule has 158 valence electrons. The molecule has 0 aliphatic rings. The van der Waals surface area contributed by atoms with Crippen LogP contribution >= 0.6 is 47.6 Å². The van der Waals surface area contributed by atoms with Crippen molar-refractivity contribution in [2.24, 2.45) is 0 Å². The smallest absolute Gasteiger partial charge is 0.271 e. The first kappa shape index (κ1) is 23.5. The predicted molar refractivity (Wildman–Crippen MR) is 125 cm³/mol. The maximum Gasteiger partial charge on any atom is 0.271 e. The molecule has 2 rings (SSSR count). The lowest BCUT2D eigenvalue weighted by atomic mass is 10.3. The van der Waals surface area contributed by atoms with Crippen molar-refractivity contribution in [3.63, 3.8) is 0 Å². The van der Waals surface area contributed by atoms with Crippen molar-refractivity contribution in [1.29, 1.82) is 0 Å². The molecule has 4 N–H and O–H groups in total. The zero-order valence-electron chi connectivity index (χ0n) is 15.0. The summed E-state index contributed by atoms with van der Waals surface area (Å²) in [4.78, 5) is 20.6. The number of halogens is 2. The molecular weight excluding hydrogens is 475 g/mol. The second-order valence-corrected chi connectivity index (χ2v) is 7.24. The number of nitrogens with one attached hydrogen (secondary N) is 4. The van der Waals surface area contributed by atoms with Gasteiger partial charge in [-0.1, -0.05) is 23.2 Å². The molecule has 2 aromatic carbocycles. The van der Waals surface area contributed by atoms with E-state index in [4.69, 9.17) is 47.6 Å². The Morgan fingerprint density at radius 3 is 1.50 bits per heavy atom. The van der Waals surface area contributed by atoms with Crippen molar-refractivity contribution in [2.45, 2.75) is 0 Å². The molecule has 30 heavy (non-hydrogen) atoms. The molecule has 0 aliphatic carbocycles. The second-order valence-electron chi connectivity index (χ2n) is 5.60. The van der Waals surface area contributed by atoms with Gasteiger partial charge in [0.2, 0.25) is 0 Å². The quantitative estimate of drug-likeness (QED) is 0.195. The Hall–Kier alpha value is -2.80. The monoisotopic (exact) mass is 488 g/mol. The van der Waals surface area contributed by atoms with Crippen LogP contribution < -0.4 is 21.3 Å². The van der Waals surface area contributed by atoms with E-state index in [1.807, 2.05) is 0 Å². The van der Waals surface area contributed by atoms with Crippen molar-refractivity contribution in [1.82, 2.24) is 10.6 Å². The summed E-state index contributed by atoms with van der Waals surface area (Å²) < 4.78 is 0. The van der Waals surface area contributed by atoms with Gasteiger partial charge in [-0.2, -0.15) is 0 Å². The Kier molecular flexibility index (Phi) is 8.47. The molecule has 0 fully saturated rings. The molecule has 0 saturated heterocycles. The molecule has 0 saturated carbocycles. The molecule has 0 aliphatic heterocycles. The number of benzene rings is 2. The highest BCUT2D eigenvalue weighted by Gasteiger charge is 2.12. The number of hydrogen-bond acceptors (Lipinski definition) is 6. The van der Waals surface area contributed by atoms with Gasteiger partial charge < -0.3 is 21.3 Å². The highest BCUT2D eigenvalue weighted by Crippen LogP contribution is 2.27. The van der Waals surface area contributed by atoms with Crippen LogP contribution in [-0.2, 0) is 0 Å². The van der Waals surface area contributed by atoms with Crippen LogP contribution in [0.2, 0.25) is 10.0 Å². The van der Waals surface area contributed by atoms with E-state index in [1.165, 1.54) is 36.4 Å². The van der Waals surface area contributed by atoms with Gasteiger partial charge in [-0.25, -0.2) is 0 Å². The highest BCUT2D eigenvalue weighted by atomic mass is 35.5. The summed E-state index contributed by atoms with van der Waals surface area (Å²) in [5, 5.41) is 34.0. The molecule has 0 unspecified atom stereocenters. The number of nitro groups is 2. The van der Waals surface area contributed by atoms with Crippen molar-refractivity contribution >= 4 is 80.6 Å². The molecular formula is C16H14Cl2N6O4S2. The highest BCUT2D eigenvalue weighted by molar-refractivity contribution is 7.80. The van der Waals surface area contributed by atoms with E-state index in [0.717, 1.165) is 0 Å². The van der Waals surface area contributed by atoms with E-state index in [0.29, 0.717) is 24.5 Å². The van der Waals surface area contributed by atoms with Crippen LogP contribution in [0.15, 0.2) is 36.4 Å². The minimum atomic E-state index is -0.538. The zero-order valence-corrected chi connectivity index (χ0v) is 18.1. The topological polar surface area (TPSA) is 134 Å². The summed E-state index contributed by atoms with van der Waals surface area (Å²) in [6.07, 6.45) is 0. The largest absolute Gasteiger partial charge is 0.361 e. The van der Waals surface area contributed by atoms with Gasteiger partial charge in [0.1, 0.15) is 0 Å². The molecule has 0 heterocycles. The maximum absolute atomic E-state index is 10.8. The fourth-order valence-corrected chi connectivity index (χ4v) is 2.88.